The van der Waals surface area contributed by atoms with E-state index in [0.29, 0.717) is 0 Å². The Morgan fingerprint density at radius 1 is 0.633 bits per heavy atom. The van der Waals surface area contributed by atoms with Crippen molar-refractivity contribution >= 4 is 43.7 Å². The highest BCUT2D eigenvalue weighted by molar-refractivity contribution is 6.13. The highest BCUT2D eigenvalue weighted by atomic mass is 15.1. The molecule has 49 heavy (non-hydrogen) atoms. The Kier molecular flexibility index (Phi) is 8.04. The van der Waals surface area contributed by atoms with Crippen molar-refractivity contribution in [2.24, 2.45) is 11.5 Å². The third-order valence-corrected chi connectivity index (χ3v) is 9.94. The van der Waals surface area contributed by atoms with Gasteiger partial charge in [0, 0.05) is 17.9 Å². The minimum atomic E-state index is 0.0520. The lowest BCUT2D eigenvalue weighted by atomic mass is 9.92. The fourth-order valence-corrected chi connectivity index (χ4v) is 7.28. The second kappa shape index (κ2) is 13.0. The normalized spacial score (nSPS) is 17.8. The van der Waals surface area contributed by atoms with Gasteiger partial charge in [-0.2, -0.15) is 0 Å². The topological polar surface area (TPSA) is 55.3 Å². The summed E-state index contributed by atoms with van der Waals surface area (Å²) < 4.78 is 0. The van der Waals surface area contributed by atoms with Gasteiger partial charge in [0.1, 0.15) is 0 Å². The van der Waals surface area contributed by atoms with Crippen molar-refractivity contribution in [1.82, 2.24) is 4.90 Å². The van der Waals surface area contributed by atoms with Gasteiger partial charge in [-0.3, -0.25) is 4.90 Å². The van der Waals surface area contributed by atoms with Crippen LogP contribution >= 0.6 is 0 Å². The predicted molar refractivity (Wildman–Crippen MR) is 209 cm³/mol. The Morgan fingerprint density at radius 2 is 1.31 bits per heavy atom. The summed E-state index contributed by atoms with van der Waals surface area (Å²) >= 11 is 0. The molecule has 3 nitrogen and oxygen atoms in total. The van der Waals surface area contributed by atoms with E-state index >= 15 is 0 Å². The first-order valence-electron chi connectivity index (χ1n) is 16.9. The zero-order chi connectivity index (χ0) is 33.3. The van der Waals surface area contributed by atoms with E-state index in [4.69, 9.17) is 11.5 Å². The Bertz CT molecular complexity index is 2420. The molecule has 0 saturated carbocycles. The van der Waals surface area contributed by atoms with Crippen molar-refractivity contribution in [1.29, 1.82) is 0 Å². The monoisotopic (exact) mass is 633 g/mol. The molecular formula is C46H39N3. The maximum Gasteiger partial charge on any atom is 0.0555 e. The third kappa shape index (κ3) is 5.90. The van der Waals surface area contributed by atoms with Gasteiger partial charge in [-0.1, -0.05) is 146 Å². The second-order valence-corrected chi connectivity index (χ2v) is 13.1. The molecule has 0 saturated heterocycles. The fourth-order valence-electron chi connectivity index (χ4n) is 7.28. The van der Waals surface area contributed by atoms with E-state index in [-0.39, 0.29) is 6.04 Å². The summed E-state index contributed by atoms with van der Waals surface area (Å²) in [6.45, 7) is 0.792. The second-order valence-electron chi connectivity index (χ2n) is 13.1. The van der Waals surface area contributed by atoms with Gasteiger partial charge in [-0.15, -0.1) is 0 Å². The Morgan fingerprint density at radius 3 is 2.04 bits per heavy atom. The average Bonchev–Trinajstić information content (AvgIpc) is 3.17. The van der Waals surface area contributed by atoms with Crippen LogP contribution in [0.5, 0.6) is 0 Å². The molecule has 3 heteroatoms. The third-order valence-electron chi connectivity index (χ3n) is 9.94. The molecular weight excluding hydrogens is 595 g/mol. The van der Waals surface area contributed by atoms with Gasteiger partial charge >= 0.3 is 0 Å². The first kappa shape index (κ1) is 30.4. The standard InChI is InChI=1S/C46H39N3/c1-49(30-31-19-21-32(22-20-31)43-29-36-13-5-6-14-39(36)40-15-7-8-16-41(40)43)44-18-10-9-17-42(44)46(48)38-26-24-34-27-37(25-23-35(34)28-38)45(47)33-11-3-2-4-12-33/h2-11,13-29,44H,12,30,47-48H2,1H3/b45-33-,46-42-. The van der Waals surface area contributed by atoms with Crippen molar-refractivity contribution in [2.75, 3.05) is 7.05 Å². The summed E-state index contributed by atoms with van der Waals surface area (Å²) in [4.78, 5) is 2.36. The van der Waals surface area contributed by atoms with Gasteiger partial charge in [0.15, 0.2) is 0 Å². The first-order chi connectivity index (χ1) is 24.0. The van der Waals surface area contributed by atoms with Crippen molar-refractivity contribution < 1.29 is 0 Å². The van der Waals surface area contributed by atoms with E-state index in [1.165, 1.54) is 38.2 Å². The molecule has 2 aliphatic carbocycles. The zero-order valence-electron chi connectivity index (χ0n) is 27.7. The van der Waals surface area contributed by atoms with E-state index in [0.717, 1.165) is 57.4 Å². The summed E-state index contributed by atoms with van der Waals surface area (Å²) in [5.41, 5.74) is 23.2. The number of nitrogens with two attached hydrogens (primary N) is 2. The Balaban J connectivity index is 1.04. The minimum absolute atomic E-state index is 0.0520. The lowest BCUT2D eigenvalue weighted by Crippen LogP contribution is -2.33. The van der Waals surface area contributed by atoms with Crippen LogP contribution in [0.15, 0.2) is 175 Å². The molecule has 0 spiro atoms. The SMILES string of the molecule is CN(Cc1ccc(-c2cc3ccccc3c3ccccc23)cc1)C1C=CC=C/C1=C(/N)c1ccc2cc(/C(N)=C3\C=CC=CC3)ccc2c1. The van der Waals surface area contributed by atoms with Crippen LogP contribution in [0.2, 0.25) is 0 Å². The molecule has 238 valence electrons. The number of likely N-dealkylation sites (N-methyl/N-ethyl adjacent to an activating group) is 1. The Hall–Kier alpha value is -5.90. The van der Waals surface area contributed by atoms with Gasteiger partial charge < -0.3 is 11.5 Å². The van der Waals surface area contributed by atoms with Gasteiger partial charge in [0.05, 0.1) is 6.04 Å². The molecule has 0 aromatic heterocycles. The van der Waals surface area contributed by atoms with E-state index in [2.05, 4.69) is 170 Å². The van der Waals surface area contributed by atoms with Crippen molar-refractivity contribution in [2.45, 2.75) is 19.0 Å². The van der Waals surface area contributed by atoms with Gasteiger partial charge in [0.25, 0.3) is 0 Å². The van der Waals surface area contributed by atoms with E-state index in [1.54, 1.807) is 0 Å². The van der Waals surface area contributed by atoms with E-state index < -0.39 is 0 Å². The summed E-state index contributed by atoms with van der Waals surface area (Å²) in [5, 5.41) is 7.40. The summed E-state index contributed by atoms with van der Waals surface area (Å²) in [6.07, 6.45) is 17.8. The smallest absolute Gasteiger partial charge is 0.0555 e. The number of hydrogen-bond donors (Lipinski definition) is 2. The molecule has 4 N–H and O–H groups in total. The number of hydrogen-bond acceptors (Lipinski definition) is 3. The number of benzene rings is 6. The zero-order valence-corrected chi connectivity index (χ0v) is 27.7. The van der Waals surface area contributed by atoms with Crippen LogP contribution < -0.4 is 11.5 Å². The van der Waals surface area contributed by atoms with Crippen molar-refractivity contribution in [3.8, 4) is 11.1 Å². The molecule has 6 aromatic carbocycles. The largest absolute Gasteiger partial charge is 0.398 e. The molecule has 0 bridgehead atoms. The summed E-state index contributed by atoms with van der Waals surface area (Å²) in [5.74, 6) is 0. The average molecular weight is 634 g/mol. The molecule has 8 rings (SSSR count). The van der Waals surface area contributed by atoms with Crippen LogP contribution in [0.4, 0.5) is 0 Å². The highest BCUT2D eigenvalue weighted by Crippen LogP contribution is 2.35. The molecule has 2 aliphatic rings. The lowest BCUT2D eigenvalue weighted by Gasteiger charge is -2.29. The van der Waals surface area contributed by atoms with E-state index in [1.807, 2.05) is 6.08 Å². The predicted octanol–water partition coefficient (Wildman–Crippen LogP) is 10.3. The molecule has 1 unspecified atom stereocenters. The van der Waals surface area contributed by atoms with Crippen LogP contribution in [0.25, 0.3) is 54.8 Å². The molecule has 1 atom stereocenters. The molecule has 0 amide bonds. The van der Waals surface area contributed by atoms with Crippen molar-refractivity contribution in [3.63, 3.8) is 0 Å². The summed E-state index contributed by atoms with van der Waals surface area (Å²) in [6, 6.07) is 41.7. The minimum Gasteiger partial charge on any atom is -0.398 e. The van der Waals surface area contributed by atoms with Gasteiger partial charge in [0.2, 0.25) is 0 Å². The first-order valence-corrected chi connectivity index (χ1v) is 16.9. The Labute approximate surface area is 288 Å². The molecule has 6 aromatic rings. The van der Waals surface area contributed by atoms with Gasteiger partial charge in [-0.05, 0) is 103 Å². The molecule has 0 radical (unpaired) electrons. The molecule has 0 aliphatic heterocycles. The fraction of sp³-hybridized carbons (Fsp3) is 0.0870. The number of allylic oxidation sites excluding steroid dienone is 7. The molecule has 0 fully saturated rings. The van der Waals surface area contributed by atoms with Crippen LogP contribution in [0.1, 0.15) is 23.1 Å². The number of rotatable bonds is 6. The maximum absolute atomic E-state index is 6.95. The maximum atomic E-state index is 6.95. The quantitative estimate of drug-likeness (QED) is 0.180. The van der Waals surface area contributed by atoms with Crippen molar-refractivity contribution in [3.05, 3.63) is 192 Å². The van der Waals surface area contributed by atoms with Crippen LogP contribution in [0.3, 0.4) is 0 Å². The number of fused-ring (bicyclic) bond motifs is 4. The van der Waals surface area contributed by atoms with Crippen LogP contribution in [-0.2, 0) is 6.54 Å². The van der Waals surface area contributed by atoms with Crippen LogP contribution in [0, 0.1) is 0 Å². The lowest BCUT2D eigenvalue weighted by molar-refractivity contribution is 0.303. The van der Waals surface area contributed by atoms with Gasteiger partial charge in [-0.25, -0.2) is 0 Å². The molecule has 0 heterocycles. The highest BCUT2D eigenvalue weighted by Gasteiger charge is 2.21. The van der Waals surface area contributed by atoms with Crippen LogP contribution in [-0.4, -0.2) is 18.0 Å². The van der Waals surface area contributed by atoms with E-state index in [9.17, 15) is 0 Å². The summed E-state index contributed by atoms with van der Waals surface area (Å²) in [7, 11) is 2.17. The number of nitrogens with zero attached hydrogens (tertiary/aromatic N) is 1.